The van der Waals surface area contributed by atoms with E-state index in [0.29, 0.717) is 36.5 Å². The van der Waals surface area contributed by atoms with Crippen LogP contribution in [0.2, 0.25) is 0 Å². The molecule has 2 fully saturated rings. The van der Waals surface area contributed by atoms with Crippen LogP contribution < -0.4 is 0 Å². The van der Waals surface area contributed by atoms with E-state index >= 15 is 0 Å². The number of imide groups is 1. The van der Waals surface area contributed by atoms with Gasteiger partial charge in [-0.05, 0) is 37.1 Å². The van der Waals surface area contributed by atoms with E-state index in [9.17, 15) is 14.0 Å². The van der Waals surface area contributed by atoms with Crippen molar-refractivity contribution in [3.63, 3.8) is 0 Å². The molecule has 0 saturated carbocycles. The number of benzene rings is 1. The maximum Gasteiger partial charge on any atom is 0.277 e. The zero-order valence-corrected chi connectivity index (χ0v) is 16.2. The average molecular weight is 387 g/mol. The molecule has 1 aromatic carbocycles. The third kappa shape index (κ3) is 3.56. The van der Waals surface area contributed by atoms with Crippen molar-refractivity contribution in [3.05, 3.63) is 41.3 Å². The topological polar surface area (TPSA) is 53.1 Å². The van der Waals surface area contributed by atoms with Gasteiger partial charge < -0.3 is 14.5 Å². The van der Waals surface area contributed by atoms with Gasteiger partial charge in [0.2, 0.25) is 0 Å². The summed E-state index contributed by atoms with van der Waals surface area (Å²) in [5.41, 5.74) is 1.42. The highest BCUT2D eigenvalue weighted by Crippen LogP contribution is 2.33. The second kappa shape index (κ2) is 8.01. The van der Waals surface area contributed by atoms with Gasteiger partial charge in [0.15, 0.2) is 0 Å². The Labute approximate surface area is 164 Å². The highest BCUT2D eigenvalue weighted by Gasteiger charge is 2.43. The Hall–Kier alpha value is -2.25. The minimum absolute atomic E-state index is 0.0985. The van der Waals surface area contributed by atoms with Gasteiger partial charge >= 0.3 is 0 Å². The first-order valence-corrected chi connectivity index (χ1v) is 10.0. The molecule has 2 saturated heterocycles. The molecule has 0 radical (unpaired) electrons. The Bertz CT molecular complexity index is 779. The van der Waals surface area contributed by atoms with Crippen LogP contribution in [-0.2, 0) is 14.3 Å². The summed E-state index contributed by atoms with van der Waals surface area (Å²) in [5.74, 6) is -0.930. The van der Waals surface area contributed by atoms with Gasteiger partial charge in [-0.15, -0.1) is 0 Å². The van der Waals surface area contributed by atoms with Gasteiger partial charge in [0.25, 0.3) is 11.8 Å². The van der Waals surface area contributed by atoms with E-state index in [1.54, 1.807) is 12.1 Å². The number of carbonyl (C=O) groups excluding carboxylic acids is 2. The van der Waals surface area contributed by atoms with Crippen molar-refractivity contribution < 1.29 is 18.7 Å². The number of piperazine rings is 1. The second-order valence-electron chi connectivity index (χ2n) is 7.51. The molecule has 2 amide bonds. The Kier molecular flexibility index (Phi) is 5.46. The summed E-state index contributed by atoms with van der Waals surface area (Å²) in [6, 6.07) is 5.81. The van der Waals surface area contributed by atoms with Crippen molar-refractivity contribution in [2.45, 2.75) is 25.9 Å². The van der Waals surface area contributed by atoms with Crippen LogP contribution in [0.3, 0.4) is 0 Å². The maximum absolute atomic E-state index is 13.4. The van der Waals surface area contributed by atoms with Gasteiger partial charge in [-0.1, -0.05) is 19.1 Å². The number of nitrogens with zero attached hydrogens (tertiary/aromatic N) is 3. The first kappa shape index (κ1) is 19.1. The molecular weight excluding hydrogens is 361 g/mol. The van der Waals surface area contributed by atoms with Gasteiger partial charge in [-0.3, -0.25) is 14.5 Å². The fourth-order valence-corrected chi connectivity index (χ4v) is 4.18. The Morgan fingerprint density at radius 1 is 1.07 bits per heavy atom. The first-order chi connectivity index (χ1) is 13.6. The van der Waals surface area contributed by atoms with Crippen molar-refractivity contribution in [1.29, 1.82) is 0 Å². The maximum atomic E-state index is 13.4. The van der Waals surface area contributed by atoms with Gasteiger partial charge in [-0.2, -0.15) is 0 Å². The molecule has 4 rings (SSSR count). The van der Waals surface area contributed by atoms with Crippen LogP contribution in [0.1, 0.15) is 25.3 Å². The smallest absolute Gasteiger partial charge is 0.277 e. The van der Waals surface area contributed by atoms with Crippen LogP contribution in [-0.4, -0.2) is 78.5 Å². The summed E-state index contributed by atoms with van der Waals surface area (Å²) in [6.45, 7) is 7.13. The van der Waals surface area contributed by atoms with E-state index in [4.69, 9.17) is 4.74 Å². The lowest BCUT2D eigenvalue weighted by molar-refractivity contribution is -0.139. The lowest BCUT2D eigenvalue weighted by atomic mass is 10.0. The molecule has 6 nitrogen and oxygen atoms in total. The zero-order valence-electron chi connectivity index (χ0n) is 16.2. The van der Waals surface area contributed by atoms with Crippen molar-refractivity contribution >= 4 is 17.4 Å². The normalized spacial score (nSPS) is 24.0. The highest BCUT2D eigenvalue weighted by molar-refractivity contribution is 6.35. The third-order valence-electron chi connectivity index (χ3n) is 5.82. The van der Waals surface area contributed by atoms with E-state index < -0.39 is 0 Å². The number of ether oxygens (including phenoxy) is 1. The molecule has 7 heteroatoms. The third-order valence-corrected chi connectivity index (χ3v) is 5.82. The molecule has 0 aromatic heterocycles. The van der Waals surface area contributed by atoms with Gasteiger partial charge in [0, 0.05) is 32.8 Å². The van der Waals surface area contributed by atoms with E-state index in [2.05, 4.69) is 11.8 Å². The molecule has 0 aliphatic carbocycles. The van der Waals surface area contributed by atoms with Crippen LogP contribution in [0.25, 0.3) is 5.57 Å². The molecule has 28 heavy (non-hydrogen) atoms. The quantitative estimate of drug-likeness (QED) is 0.721. The number of hydrogen-bond acceptors (Lipinski definition) is 5. The molecule has 1 aromatic rings. The standard InChI is InChI=1S/C21H26FN3O3/c1-2-23-9-11-24(12-10-23)19-18(15-5-7-16(22)8-6-15)20(26)25(21(19)27)14-17-4-3-13-28-17/h5-8,17H,2-4,9-14H2,1H3. The van der Waals surface area contributed by atoms with Crippen LogP contribution in [0, 0.1) is 5.82 Å². The molecule has 3 aliphatic rings. The van der Waals surface area contributed by atoms with Crippen LogP contribution in [0.4, 0.5) is 4.39 Å². The van der Waals surface area contributed by atoms with Crippen molar-refractivity contribution in [1.82, 2.24) is 14.7 Å². The molecule has 1 unspecified atom stereocenters. The monoisotopic (exact) mass is 387 g/mol. The summed E-state index contributed by atoms with van der Waals surface area (Å²) in [5, 5.41) is 0. The fraction of sp³-hybridized carbons (Fsp3) is 0.524. The predicted octanol–water partition coefficient (Wildman–Crippen LogP) is 1.72. The van der Waals surface area contributed by atoms with Gasteiger partial charge in [-0.25, -0.2) is 4.39 Å². The molecular formula is C21H26FN3O3. The molecule has 0 N–H and O–H groups in total. The number of likely N-dealkylation sites (N-methyl/N-ethyl adjacent to an activating group) is 1. The minimum Gasteiger partial charge on any atom is -0.376 e. The number of amides is 2. The summed E-state index contributed by atoms with van der Waals surface area (Å²) in [4.78, 5) is 32.1. The fourth-order valence-electron chi connectivity index (χ4n) is 4.18. The van der Waals surface area contributed by atoms with Crippen LogP contribution in [0.5, 0.6) is 0 Å². The SMILES string of the molecule is CCN1CCN(C2=C(c3ccc(F)cc3)C(=O)N(CC3CCCO3)C2=O)CC1. The average Bonchev–Trinajstić information content (AvgIpc) is 3.31. The highest BCUT2D eigenvalue weighted by atomic mass is 19.1. The molecule has 0 bridgehead atoms. The Morgan fingerprint density at radius 2 is 1.79 bits per heavy atom. The van der Waals surface area contributed by atoms with Crippen molar-refractivity contribution in [2.75, 3.05) is 45.9 Å². The molecule has 3 heterocycles. The van der Waals surface area contributed by atoms with Crippen molar-refractivity contribution in [3.8, 4) is 0 Å². The van der Waals surface area contributed by atoms with Gasteiger partial charge in [0.1, 0.15) is 11.5 Å². The second-order valence-corrected chi connectivity index (χ2v) is 7.51. The Morgan fingerprint density at radius 3 is 2.39 bits per heavy atom. The first-order valence-electron chi connectivity index (χ1n) is 10.0. The van der Waals surface area contributed by atoms with Crippen LogP contribution >= 0.6 is 0 Å². The van der Waals surface area contributed by atoms with E-state index in [0.717, 1.165) is 32.5 Å². The summed E-state index contributed by atoms with van der Waals surface area (Å²) in [7, 11) is 0. The number of rotatable bonds is 5. The molecule has 1 atom stereocenters. The van der Waals surface area contributed by atoms with Crippen molar-refractivity contribution in [2.24, 2.45) is 0 Å². The molecule has 0 spiro atoms. The lowest BCUT2D eigenvalue weighted by Crippen LogP contribution is -2.47. The van der Waals surface area contributed by atoms with E-state index in [-0.39, 0.29) is 30.3 Å². The number of halogens is 1. The Balaban J connectivity index is 1.66. The number of hydrogen-bond donors (Lipinski definition) is 0. The summed E-state index contributed by atoms with van der Waals surface area (Å²) in [6.07, 6.45) is 1.71. The van der Waals surface area contributed by atoms with E-state index in [1.165, 1.54) is 17.0 Å². The minimum atomic E-state index is -0.365. The van der Waals surface area contributed by atoms with E-state index in [1.807, 2.05) is 4.90 Å². The summed E-state index contributed by atoms with van der Waals surface area (Å²) < 4.78 is 19.1. The largest absolute Gasteiger partial charge is 0.376 e. The van der Waals surface area contributed by atoms with Crippen LogP contribution in [0.15, 0.2) is 30.0 Å². The zero-order chi connectivity index (χ0) is 19.7. The predicted molar refractivity (Wildman–Crippen MR) is 103 cm³/mol. The molecule has 3 aliphatic heterocycles. The number of carbonyl (C=O) groups is 2. The molecule has 150 valence electrons. The summed E-state index contributed by atoms with van der Waals surface area (Å²) >= 11 is 0. The van der Waals surface area contributed by atoms with Gasteiger partial charge in [0.05, 0.1) is 18.2 Å². The lowest BCUT2D eigenvalue weighted by Gasteiger charge is -2.36.